The van der Waals surface area contributed by atoms with E-state index in [-0.39, 0.29) is 12.2 Å². The Bertz CT molecular complexity index is 417. The number of hydrogen-bond acceptors (Lipinski definition) is 3. The van der Waals surface area contributed by atoms with E-state index in [4.69, 9.17) is 0 Å². The number of unbranched alkanes of at least 4 members (excludes halogenated alkanes) is 2. The molecule has 0 spiro atoms. The summed E-state index contributed by atoms with van der Waals surface area (Å²) in [5.41, 5.74) is 2.08. The monoisotopic (exact) mass is 307 g/mol. The number of rotatable bonds is 9. The lowest BCUT2D eigenvalue weighted by atomic mass is 9.99. The molecule has 0 saturated heterocycles. The van der Waals surface area contributed by atoms with E-state index in [1.807, 2.05) is 25.1 Å². The second-order valence-electron chi connectivity index (χ2n) is 6.04. The summed E-state index contributed by atoms with van der Waals surface area (Å²) in [6, 6.07) is 0.458. The van der Waals surface area contributed by atoms with Crippen LogP contribution in [0.4, 0.5) is 0 Å². The number of allylic oxidation sites excluding steroid dienone is 2. The minimum atomic E-state index is -0.0489. The molecule has 0 bridgehead atoms. The first-order valence-corrected chi connectivity index (χ1v) is 8.56. The molecular weight excluding hydrogens is 274 g/mol. The lowest BCUT2D eigenvalue weighted by Crippen LogP contribution is -2.61. The molecule has 0 saturated carbocycles. The van der Waals surface area contributed by atoms with Crippen molar-refractivity contribution in [1.82, 2.24) is 15.1 Å². The average Bonchev–Trinajstić information content (AvgIpc) is 2.52. The van der Waals surface area contributed by atoms with E-state index in [9.17, 15) is 4.79 Å². The largest absolute Gasteiger partial charge is 0.339 e. The summed E-state index contributed by atoms with van der Waals surface area (Å²) in [7, 11) is 3.82. The van der Waals surface area contributed by atoms with E-state index in [1.54, 1.807) is 0 Å². The zero-order valence-corrected chi connectivity index (χ0v) is 15.0. The molecule has 2 unspecified atom stereocenters. The first-order valence-electron chi connectivity index (χ1n) is 8.56. The number of likely N-dealkylation sites (N-methyl/N-ethyl adjacent to an activating group) is 1. The fraction of sp³-hybridized carbons (Fsp3) is 0.722. The van der Waals surface area contributed by atoms with Gasteiger partial charge in [-0.25, -0.2) is 0 Å². The Morgan fingerprint density at radius 2 is 2.05 bits per heavy atom. The van der Waals surface area contributed by atoms with Crippen molar-refractivity contribution < 1.29 is 4.79 Å². The highest BCUT2D eigenvalue weighted by Crippen LogP contribution is 2.29. The third-order valence-corrected chi connectivity index (χ3v) is 4.70. The Hall–Kier alpha value is -1.29. The summed E-state index contributed by atoms with van der Waals surface area (Å²) in [5.74, 6) is 0.150. The predicted molar refractivity (Wildman–Crippen MR) is 93.2 cm³/mol. The zero-order valence-electron chi connectivity index (χ0n) is 15.0. The van der Waals surface area contributed by atoms with Gasteiger partial charge in [-0.15, -0.1) is 6.58 Å². The molecule has 2 atom stereocenters. The van der Waals surface area contributed by atoms with Crippen LogP contribution in [0.2, 0.25) is 0 Å². The molecule has 1 rings (SSSR count). The molecule has 1 N–H and O–H groups in total. The molecule has 0 radical (unpaired) electrons. The molecule has 1 aliphatic rings. The number of hydrogen-bond donors (Lipinski definition) is 1. The lowest BCUT2D eigenvalue weighted by molar-refractivity contribution is -0.136. The van der Waals surface area contributed by atoms with Crippen LogP contribution in [0.25, 0.3) is 0 Å². The van der Waals surface area contributed by atoms with Crippen LogP contribution in [0.1, 0.15) is 59.3 Å². The van der Waals surface area contributed by atoms with E-state index in [0.717, 1.165) is 37.0 Å². The van der Waals surface area contributed by atoms with Crippen LogP contribution in [0.5, 0.6) is 0 Å². The summed E-state index contributed by atoms with van der Waals surface area (Å²) in [5, 5.41) is 3.31. The van der Waals surface area contributed by atoms with Crippen LogP contribution in [0.15, 0.2) is 23.9 Å². The Kier molecular flexibility index (Phi) is 7.66. The van der Waals surface area contributed by atoms with Crippen molar-refractivity contribution >= 4 is 5.91 Å². The van der Waals surface area contributed by atoms with Crippen molar-refractivity contribution in [2.75, 3.05) is 14.1 Å². The van der Waals surface area contributed by atoms with Gasteiger partial charge in [0.25, 0.3) is 5.91 Å². The fourth-order valence-corrected chi connectivity index (χ4v) is 3.43. The number of nitrogens with one attached hydrogen (secondary N) is 1. The van der Waals surface area contributed by atoms with Crippen molar-refractivity contribution in [3.05, 3.63) is 23.9 Å². The van der Waals surface area contributed by atoms with Crippen molar-refractivity contribution in [2.24, 2.45) is 0 Å². The third kappa shape index (κ3) is 3.92. The van der Waals surface area contributed by atoms with Crippen LogP contribution in [-0.4, -0.2) is 42.1 Å². The fourth-order valence-electron chi connectivity index (χ4n) is 3.43. The van der Waals surface area contributed by atoms with Gasteiger partial charge in [0.1, 0.15) is 0 Å². The molecule has 0 aromatic carbocycles. The van der Waals surface area contributed by atoms with E-state index < -0.39 is 0 Å². The highest BCUT2D eigenvalue weighted by atomic mass is 16.2. The van der Waals surface area contributed by atoms with Gasteiger partial charge in [-0.05, 0) is 46.1 Å². The summed E-state index contributed by atoms with van der Waals surface area (Å²) in [4.78, 5) is 16.7. The van der Waals surface area contributed by atoms with Crippen LogP contribution in [0, 0.1) is 0 Å². The summed E-state index contributed by atoms with van der Waals surface area (Å²) in [6.45, 7) is 10.2. The van der Waals surface area contributed by atoms with Gasteiger partial charge in [0, 0.05) is 24.4 Å². The van der Waals surface area contributed by atoms with Gasteiger partial charge in [0.2, 0.25) is 0 Å². The van der Waals surface area contributed by atoms with Gasteiger partial charge in [-0.2, -0.15) is 0 Å². The molecule has 4 heteroatoms. The number of carbonyl (C=O) groups is 1. The van der Waals surface area contributed by atoms with Crippen LogP contribution < -0.4 is 5.32 Å². The SMILES string of the molecule is C=CCCCCC(CC)N1C(C)=C(CC)C(=O)N(C)C1NC. The Morgan fingerprint density at radius 3 is 2.55 bits per heavy atom. The first kappa shape index (κ1) is 18.8. The standard InChI is InChI=1S/C18H33N3O/c1-7-10-11-12-13-15(8-2)21-14(4)16(9-3)17(22)20(6)18(21)19-5/h7,15,18-19H,1,8-13H2,2-6H3. The van der Waals surface area contributed by atoms with E-state index in [1.165, 1.54) is 12.8 Å². The zero-order chi connectivity index (χ0) is 16.7. The highest BCUT2D eigenvalue weighted by molar-refractivity contribution is 5.94. The Balaban J connectivity index is 3.00. The molecule has 22 heavy (non-hydrogen) atoms. The maximum absolute atomic E-state index is 12.5. The lowest BCUT2D eigenvalue weighted by Gasteiger charge is -2.48. The quantitative estimate of drug-likeness (QED) is 0.523. The van der Waals surface area contributed by atoms with Gasteiger partial charge in [0.05, 0.1) is 0 Å². The van der Waals surface area contributed by atoms with E-state index in [0.29, 0.717) is 6.04 Å². The predicted octanol–water partition coefficient (Wildman–Crippen LogP) is 3.47. The third-order valence-electron chi connectivity index (χ3n) is 4.70. The van der Waals surface area contributed by atoms with Crippen LogP contribution >= 0.6 is 0 Å². The second-order valence-corrected chi connectivity index (χ2v) is 6.04. The molecule has 1 aliphatic heterocycles. The number of nitrogens with zero attached hydrogens (tertiary/aromatic N) is 2. The van der Waals surface area contributed by atoms with Crippen LogP contribution in [0.3, 0.4) is 0 Å². The van der Waals surface area contributed by atoms with Crippen molar-refractivity contribution in [3.8, 4) is 0 Å². The van der Waals surface area contributed by atoms with E-state index >= 15 is 0 Å². The van der Waals surface area contributed by atoms with Gasteiger partial charge in [0.15, 0.2) is 6.29 Å². The Labute approximate surface area is 136 Å². The summed E-state index contributed by atoms with van der Waals surface area (Å²) >= 11 is 0. The molecule has 0 aliphatic carbocycles. The molecule has 0 fully saturated rings. The first-order chi connectivity index (χ1) is 10.5. The van der Waals surface area contributed by atoms with Crippen molar-refractivity contribution in [1.29, 1.82) is 0 Å². The molecule has 0 aromatic heterocycles. The van der Waals surface area contributed by atoms with Crippen LogP contribution in [-0.2, 0) is 4.79 Å². The maximum Gasteiger partial charge on any atom is 0.253 e. The van der Waals surface area contributed by atoms with Crippen molar-refractivity contribution in [3.63, 3.8) is 0 Å². The molecule has 1 amide bonds. The van der Waals surface area contributed by atoms with Gasteiger partial charge in [-0.1, -0.05) is 26.3 Å². The second kappa shape index (κ2) is 8.99. The van der Waals surface area contributed by atoms with Gasteiger partial charge >= 0.3 is 0 Å². The van der Waals surface area contributed by atoms with E-state index in [2.05, 4.69) is 37.6 Å². The number of amides is 1. The summed E-state index contributed by atoms with van der Waals surface area (Å²) in [6.07, 6.45) is 8.44. The maximum atomic E-state index is 12.5. The minimum Gasteiger partial charge on any atom is -0.339 e. The molecule has 4 nitrogen and oxygen atoms in total. The highest BCUT2D eigenvalue weighted by Gasteiger charge is 2.36. The molecule has 0 aromatic rings. The topological polar surface area (TPSA) is 35.6 Å². The van der Waals surface area contributed by atoms with Gasteiger partial charge < -0.3 is 9.80 Å². The normalized spacial score (nSPS) is 20.6. The minimum absolute atomic E-state index is 0.0489. The average molecular weight is 307 g/mol. The van der Waals surface area contributed by atoms with Gasteiger partial charge in [-0.3, -0.25) is 10.1 Å². The summed E-state index contributed by atoms with van der Waals surface area (Å²) < 4.78 is 0. The smallest absolute Gasteiger partial charge is 0.253 e. The molecular formula is C18H33N3O. The number of carbonyl (C=O) groups excluding carboxylic acids is 1. The molecule has 126 valence electrons. The Morgan fingerprint density at radius 1 is 1.36 bits per heavy atom. The van der Waals surface area contributed by atoms with Crippen molar-refractivity contribution in [2.45, 2.75) is 71.6 Å². The molecule has 1 heterocycles.